The zero-order valence-electron chi connectivity index (χ0n) is 7.92. The van der Waals surface area contributed by atoms with Gasteiger partial charge in [-0.05, 0) is 19.8 Å². The van der Waals surface area contributed by atoms with Crippen LogP contribution in [0.15, 0.2) is 0 Å². The molecule has 72 valence electrons. The van der Waals surface area contributed by atoms with Crippen molar-refractivity contribution in [2.45, 2.75) is 31.8 Å². The van der Waals surface area contributed by atoms with Crippen molar-refractivity contribution < 1.29 is 9.90 Å². The van der Waals surface area contributed by atoms with Gasteiger partial charge in [0.15, 0.2) is 0 Å². The predicted octanol–water partition coefficient (Wildman–Crippen LogP) is 0.383. The summed E-state index contributed by atoms with van der Waals surface area (Å²) in [6.07, 6.45) is 6.79. The van der Waals surface area contributed by atoms with Crippen molar-refractivity contribution in [3.63, 3.8) is 0 Å². The van der Waals surface area contributed by atoms with Crippen LogP contribution in [0, 0.1) is 12.3 Å². The third-order valence-corrected chi connectivity index (χ3v) is 2.28. The minimum absolute atomic E-state index is 0.0533. The van der Waals surface area contributed by atoms with Crippen molar-refractivity contribution in [1.29, 1.82) is 0 Å². The van der Waals surface area contributed by atoms with Gasteiger partial charge in [-0.2, -0.15) is 0 Å². The van der Waals surface area contributed by atoms with Crippen LogP contribution in [-0.4, -0.2) is 34.6 Å². The Morgan fingerprint density at radius 3 is 3.00 bits per heavy atom. The fourth-order valence-corrected chi connectivity index (χ4v) is 1.63. The number of carbonyl (C=O) groups excluding carboxylic acids is 1. The highest BCUT2D eigenvalue weighted by atomic mass is 16.3. The number of β-amino-alcohol motifs (C(OH)–C–C–N with tert-alkyl or cyclic N) is 1. The largest absolute Gasteiger partial charge is 0.388 e. The average Bonchev–Trinajstić information content (AvgIpc) is 2.03. The van der Waals surface area contributed by atoms with Crippen LogP contribution in [0.5, 0.6) is 0 Å². The molecule has 3 nitrogen and oxygen atoms in total. The number of rotatable bonds is 1. The van der Waals surface area contributed by atoms with E-state index in [-0.39, 0.29) is 12.3 Å². The first-order valence-corrected chi connectivity index (χ1v) is 4.49. The second-order valence-electron chi connectivity index (χ2n) is 3.80. The fourth-order valence-electron chi connectivity index (χ4n) is 1.63. The van der Waals surface area contributed by atoms with E-state index < -0.39 is 5.60 Å². The van der Waals surface area contributed by atoms with E-state index in [0.717, 1.165) is 19.4 Å². The van der Waals surface area contributed by atoms with Crippen LogP contribution < -0.4 is 0 Å². The second-order valence-corrected chi connectivity index (χ2v) is 3.80. The highest BCUT2D eigenvalue weighted by molar-refractivity contribution is 5.78. The maximum Gasteiger partial charge on any atom is 0.234 e. The zero-order chi connectivity index (χ0) is 9.90. The summed E-state index contributed by atoms with van der Waals surface area (Å²) in [7, 11) is 0. The molecule has 1 heterocycles. The van der Waals surface area contributed by atoms with E-state index in [4.69, 9.17) is 6.42 Å². The molecule has 0 aromatic rings. The van der Waals surface area contributed by atoms with Gasteiger partial charge in [-0.25, -0.2) is 0 Å². The normalized spacial score (nSPS) is 28.2. The third kappa shape index (κ3) is 2.74. The molecule has 0 aromatic heterocycles. The van der Waals surface area contributed by atoms with E-state index in [9.17, 15) is 9.90 Å². The Morgan fingerprint density at radius 1 is 1.77 bits per heavy atom. The van der Waals surface area contributed by atoms with Crippen molar-refractivity contribution in [2.24, 2.45) is 0 Å². The lowest BCUT2D eigenvalue weighted by Crippen LogP contribution is -2.48. The van der Waals surface area contributed by atoms with Gasteiger partial charge < -0.3 is 10.0 Å². The monoisotopic (exact) mass is 181 g/mol. The predicted molar refractivity (Wildman–Crippen MR) is 49.9 cm³/mol. The summed E-state index contributed by atoms with van der Waals surface area (Å²) in [6, 6.07) is 0. The van der Waals surface area contributed by atoms with Crippen molar-refractivity contribution in [3.8, 4) is 12.3 Å². The Morgan fingerprint density at radius 2 is 2.46 bits per heavy atom. The molecule has 0 aromatic carbocycles. The lowest BCUT2D eigenvalue weighted by molar-refractivity contribution is -0.136. The third-order valence-electron chi connectivity index (χ3n) is 2.28. The Kier molecular flexibility index (Phi) is 2.94. The number of piperidine rings is 1. The molecule has 1 N–H and O–H groups in total. The Bertz CT molecular complexity index is 240. The summed E-state index contributed by atoms with van der Waals surface area (Å²) in [5, 5.41) is 9.72. The molecule has 1 rings (SSSR count). The summed E-state index contributed by atoms with van der Waals surface area (Å²) in [4.78, 5) is 13.0. The highest BCUT2D eigenvalue weighted by Crippen LogP contribution is 2.20. The average molecular weight is 181 g/mol. The van der Waals surface area contributed by atoms with Crippen LogP contribution in [0.4, 0.5) is 0 Å². The van der Waals surface area contributed by atoms with Gasteiger partial charge in [-0.15, -0.1) is 6.42 Å². The van der Waals surface area contributed by atoms with E-state index in [1.54, 1.807) is 11.8 Å². The van der Waals surface area contributed by atoms with Gasteiger partial charge in [0.2, 0.25) is 5.91 Å². The van der Waals surface area contributed by atoms with Crippen LogP contribution >= 0.6 is 0 Å². The molecule has 0 spiro atoms. The van der Waals surface area contributed by atoms with E-state index in [2.05, 4.69) is 5.92 Å². The number of aliphatic hydroxyl groups is 1. The smallest absolute Gasteiger partial charge is 0.234 e. The first-order chi connectivity index (χ1) is 6.05. The molecule has 0 bridgehead atoms. The fraction of sp³-hybridized carbons (Fsp3) is 0.700. The first-order valence-electron chi connectivity index (χ1n) is 4.49. The molecule has 1 atom stereocenters. The number of terminal acetylenes is 1. The molecular formula is C10H15NO2. The SMILES string of the molecule is C#CCC(=O)N1CCCC(C)(O)C1. The van der Waals surface area contributed by atoms with E-state index in [1.165, 1.54) is 0 Å². The van der Waals surface area contributed by atoms with Crippen LogP contribution in [0.1, 0.15) is 26.2 Å². The van der Waals surface area contributed by atoms with E-state index in [1.807, 2.05) is 0 Å². The molecule has 1 amide bonds. The van der Waals surface area contributed by atoms with Gasteiger partial charge in [0.25, 0.3) is 0 Å². The van der Waals surface area contributed by atoms with Crippen molar-refractivity contribution in [3.05, 3.63) is 0 Å². The van der Waals surface area contributed by atoms with Gasteiger partial charge >= 0.3 is 0 Å². The Labute approximate surface area is 78.7 Å². The number of amides is 1. The van der Waals surface area contributed by atoms with Crippen LogP contribution in [-0.2, 0) is 4.79 Å². The summed E-state index contributed by atoms with van der Waals surface area (Å²) in [6.45, 7) is 2.88. The summed E-state index contributed by atoms with van der Waals surface area (Å²) in [5.41, 5.74) is -0.734. The van der Waals surface area contributed by atoms with E-state index in [0.29, 0.717) is 6.54 Å². The molecule has 0 aliphatic carbocycles. The van der Waals surface area contributed by atoms with Crippen LogP contribution in [0.3, 0.4) is 0 Å². The molecule has 1 aliphatic rings. The number of nitrogens with zero attached hydrogens (tertiary/aromatic N) is 1. The number of likely N-dealkylation sites (tertiary alicyclic amines) is 1. The topological polar surface area (TPSA) is 40.5 Å². The lowest BCUT2D eigenvalue weighted by Gasteiger charge is -2.36. The number of hydrogen-bond acceptors (Lipinski definition) is 2. The van der Waals surface area contributed by atoms with Crippen molar-refractivity contribution in [2.75, 3.05) is 13.1 Å². The van der Waals surface area contributed by atoms with Crippen LogP contribution in [0.25, 0.3) is 0 Å². The Balaban J connectivity index is 2.53. The molecule has 1 saturated heterocycles. The summed E-state index contributed by atoms with van der Waals surface area (Å²) in [5.74, 6) is 2.27. The van der Waals surface area contributed by atoms with Gasteiger partial charge in [-0.3, -0.25) is 4.79 Å². The molecule has 1 unspecified atom stereocenters. The van der Waals surface area contributed by atoms with Gasteiger partial charge in [0, 0.05) is 13.1 Å². The van der Waals surface area contributed by atoms with E-state index >= 15 is 0 Å². The molecular weight excluding hydrogens is 166 g/mol. The minimum Gasteiger partial charge on any atom is -0.388 e. The number of carbonyl (C=O) groups is 1. The maximum absolute atomic E-state index is 11.4. The molecule has 13 heavy (non-hydrogen) atoms. The standard InChI is InChI=1S/C10H15NO2/c1-3-5-9(12)11-7-4-6-10(2,13)8-11/h1,13H,4-8H2,2H3. The van der Waals surface area contributed by atoms with Gasteiger partial charge in [-0.1, -0.05) is 5.92 Å². The second kappa shape index (κ2) is 3.80. The molecule has 3 heteroatoms. The van der Waals surface area contributed by atoms with Crippen molar-refractivity contribution in [1.82, 2.24) is 4.90 Å². The molecule has 1 aliphatic heterocycles. The van der Waals surface area contributed by atoms with Crippen molar-refractivity contribution >= 4 is 5.91 Å². The minimum atomic E-state index is -0.734. The van der Waals surface area contributed by atoms with Gasteiger partial charge in [0.05, 0.1) is 12.0 Å². The van der Waals surface area contributed by atoms with Crippen LogP contribution in [0.2, 0.25) is 0 Å². The molecule has 1 fully saturated rings. The summed E-state index contributed by atoms with van der Waals surface area (Å²) >= 11 is 0. The molecule has 0 saturated carbocycles. The maximum atomic E-state index is 11.4. The first kappa shape index (κ1) is 10.1. The quantitative estimate of drug-likeness (QED) is 0.594. The molecule has 0 radical (unpaired) electrons. The lowest BCUT2D eigenvalue weighted by atomic mass is 9.95. The van der Waals surface area contributed by atoms with Gasteiger partial charge in [0.1, 0.15) is 0 Å². The number of hydrogen-bond donors (Lipinski definition) is 1. The zero-order valence-corrected chi connectivity index (χ0v) is 7.92. The highest BCUT2D eigenvalue weighted by Gasteiger charge is 2.30. The Hall–Kier alpha value is -1.01. The summed E-state index contributed by atoms with van der Waals surface area (Å²) < 4.78 is 0.